The molecule has 0 radical (unpaired) electrons. The number of carbonyl (C=O) groups excluding carboxylic acids is 1. The average Bonchev–Trinajstić information content (AvgIpc) is 2.16. The molecule has 17 heavy (non-hydrogen) atoms. The number of halogens is 1. The molecular formula is C12H27ClN2O2. The van der Waals surface area contributed by atoms with E-state index in [2.05, 4.69) is 31.4 Å². The van der Waals surface area contributed by atoms with Crippen LogP contribution in [0.3, 0.4) is 0 Å². The fraction of sp³-hybridized carbons (Fsp3) is 0.917. The van der Waals surface area contributed by atoms with Gasteiger partial charge < -0.3 is 15.4 Å². The van der Waals surface area contributed by atoms with Gasteiger partial charge in [-0.2, -0.15) is 0 Å². The summed E-state index contributed by atoms with van der Waals surface area (Å²) in [5.41, 5.74) is 0.0360. The minimum atomic E-state index is -0.0116. The number of hydrogen-bond acceptors (Lipinski definition) is 3. The van der Waals surface area contributed by atoms with Crippen LogP contribution in [0.15, 0.2) is 0 Å². The van der Waals surface area contributed by atoms with Gasteiger partial charge in [0.25, 0.3) is 0 Å². The Balaban J connectivity index is 0. The molecule has 5 heteroatoms. The summed E-state index contributed by atoms with van der Waals surface area (Å²) in [6.07, 6.45) is 0.0400. The van der Waals surface area contributed by atoms with Gasteiger partial charge in [-0.15, -0.1) is 12.4 Å². The number of nitrogens with one attached hydrogen (secondary N) is 2. The van der Waals surface area contributed by atoms with E-state index in [-0.39, 0.29) is 35.8 Å². The van der Waals surface area contributed by atoms with Crippen LogP contribution < -0.4 is 10.6 Å². The van der Waals surface area contributed by atoms with E-state index in [1.807, 2.05) is 14.0 Å². The zero-order valence-corrected chi connectivity index (χ0v) is 12.6. The van der Waals surface area contributed by atoms with Crippen molar-refractivity contribution in [3.05, 3.63) is 0 Å². The lowest BCUT2D eigenvalue weighted by Gasteiger charge is -2.29. The molecule has 2 atom stereocenters. The Bertz CT molecular complexity index is 217. The molecule has 0 spiro atoms. The van der Waals surface area contributed by atoms with Crippen molar-refractivity contribution in [1.82, 2.24) is 10.6 Å². The van der Waals surface area contributed by atoms with Gasteiger partial charge >= 0.3 is 0 Å². The van der Waals surface area contributed by atoms with Crippen LogP contribution in [0.2, 0.25) is 0 Å². The first-order valence-corrected chi connectivity index (χ1v) is 5.78. The highest BCUT2D eigenvalue weighted by molar-refractivity contribution is 5.85. The van der Waals surface area contributed by atoms with E-state index in [0.717, 1.165) is 0 Å². The molecule has 0 fully saturated rings. The van der Waals surface area contributed by atoms with Crippen molar-refractivity contribution < 1.29 is 9.53 Å². The maximum Gasteiger partial charge on any atom is 0.224 e. The van der Waals surface area contributed by atoms with Crippen molar-refractivity contribution in [2.45, 2.75) is 33.8 Å². The molecule has 2 N–H and O–H groups in total. The van der Waals surface area contributed by atoms with E-state index in [1.54, 1.807) is 7.11 Å². The molecule has 0 aromatic rings. The van der Waals surface area contributed by atoms with E-state index < -0.39 is 0 Å². The van der Waals surface area contributed by atoms with Crippen LogP contribution in [0.5, 0.6) is 0 Å². The first kappa shape index (κ1) is 19.0. The highest BCUT2D eigenvalue weighted by Gasteiger charge is 2.25. The molecular weight excluding hydrogens is 240 g/mol. The topological polar surface area (TPSA) is 50.4 Å². The molecule has 0 saturated carbocycles. The minimum Gasteiger partial charge on any atom is -0.379 e. The first-order chi connectivity index (χ1) is 7.32. The zero-order chi connectivity index (χ0) is 12.8. The van der Waals surface area contributed by atoms with Crippen molar-refractivity contribution in [1.29, 1.82) is 0 Å². The van der Waals surface area contributed by atoms with E-state index in [4.69, 9.17) is 4.74 Å². The smallest absolute Gasteiger partial charge is 0.224 e. The van der Waals surface area contributed by atoms with Crippen molar-refractivity contribution in [2.24, 2.45) is 11.3 Å². The molecule has 0 aromatic carbocycles. The SMILES string of the molecule is CNCC(C)C(=O)NCC(OC)C(C)(C)C.Cl. The second kappa shape index (κ2) is 8.72. The van der Waals surface area contributed by atoms with Gasteiger partial charge in [-0.3, -0.25) is 4.79 Å². The maximum atomic E-state index is 11.7. The van der Waals surface area contributed by atoms with Crippen LogP contribution in [-0.4, -0.2) is 39.3 Å². The number of hydrogen-bond donors (Lipinski definition) is 2. The predicted octanol–water partition coefficient (Wildman–Crippen LogP) is 1.44. The van der Waals surface area contributed by atoms with Crippen molar-refractivity contribution >= 4 is 18.3 Å². The van der Waals surface area contributed by atoms with Crippen molar-refractivity contribution in [2.75, 3.05) is 27.2 Å². The van der Waals surface area contributed by atoms with Gasteiger partial charge in [0.15, 0.2) is 0 Å². The van der Waals surface area contributed by atoms with E-state index in [1.165, 1.54) is 0 Å². The molecule has 0 aliphatic heterocycles. The fourth-order valence-electron chi connectivity index (χ4n) is 1.51. The highest BCUT2D eigenvalue weighted by atomic mass is 35.5. The number of ether oxygens (including phenoxy) is 1. The van der Waals surface area contributed by atoms with E-state index in [0.29, 0.717) is 13.1 Å². The minimum absolute atomic E-state index is 0. The lowest BCUT2D eigenvalue weighted by molar-refractivity contribution is -0.125. The third-order valence-electron chi connectivity index (χ3n) is 2.67. The van der Waals surface area contributed by atoms with Gasteiger partial charge in [0.1, 0.15) is 0 Å². The summed E-state index contributed by atoms with van der Waals surface area (Å²) >= 11 is 0. The summed E-state index contributed by atoms with van der Waals surface area (Å²) in [5, 5.41) is 5.91. The number of amides is 1. The second-order valence-corrected chi connectivity index (χ2v) is 5.29. The van der Waals surface area contributed by atoms with Gasteiger partial charge in [0.05, 0.1) is 6.10 Å². The highest BCUT2D eigenvalue weighted by Crippen LogP contribution is 2.20. The molecule has 4 nitrogen and oxygen atoms in total. The molecule has 104 valence electrons. The van der Waals surface area contributed by atoms with Crippen LogP contribution >= 0.6 is 12.4 Å². The first-order valence-electron chi connectivity index (χ1n) is 5.78. The monoisotopic (exact) mass is 266 g/mol. The molecule has 0 aromatic heterocycles. The van der Waals surface area contributed by atoms with Gasteiger partial charge in [-0.05, 0) is 12.5 Å². The van der Waals surface area contributed by atoms with Gasteiger partial charge in [0.2, 0.25) is 5.91 Å². The molecule has 0 saturated heterocycles. The second-order valence-electron chi connectivity index (χ2n) is 5.29. The quantitative estimate of drug-likeness (QED) is 0.765. The molecule has 0 aliphatic rings. The molecule has 0 rings (SSSR count). The zero-order valence-electron chi connectivity index (χ0n) is 11.8. The predicted molar refractivity (Wildman–Crippen MR) is 73.6 cm³/mol. The summed E-state index contributed by atoms with van der Waals surface area (Å²) in [6, 6.07) is 0. The third-order valence-corrected chi connectivity index (χ3v) is 2.67. The normalized spacial score (nSPS) is 14.7. The summed E-state index contributed by atoms with van der Waals surface area (Å²) < 4.78 is 5.37. The van der Waals surface area contributed by atoms with Crippen molar-refractivity contribution in [3.8, 4) is 0 Å². The Morgan fingerprint density at radius 2 is 1.82 bits per heavy atom. The average molecular weight is 267 g/mol. The summed E-state index contributed by atoms with van der Waals surface area (Å²) in [6.45, 7) is 9.47. The van der Waals surface area contributed by atoms with Crippen LogP contribution in [0.25, 0.3) is 0 Å². The Morgan fingerprint density at radius 3 is 2.18 bits per heavy atom. The maximum absolute atomic E-state index is 11.7. The Morgan fingerprint density at radius 1 is 1.29 bits per heavy atom. The molecule has 2 unspecified atom stereocenters. The standard InChI is InChI=1S/C12H26N2O2.ClH/c1-9(7-13-5)11(15)14-8-10(16-6)12(2,3)4;/h9-10,13H,7-8H2,1-6H3,(H,14,15);1H. The lowest BCUT2D eigenvalue weighted by Crippen LogP contribution is -2.43. The third kappa shape index (κ3) is 7.58. The molecule has 1 amide bonds. The number of carbonyl (C=O) groups is 1. The molecule has 0 bridgehead atoms. The van der Waals surface area contributed by atoms with E-state index in [9.17, 15) is 4.79 Å². The summed E-state index contributed by atoms with van der Waals surface area (Å²) in [4.78, 5) is 11.7. The summed E-state index contributed by atoms with van der Waals surface area (Å²) in [7, 11) is 3.52. The van der Waals surface area contributed by atoms with Crippen LogP contribution in [0, 0.1) is 11.3 Å². The van der Waals surface area contributed by atoms with Gasteiger partial charge in [-0.1, -0.05) is 27.7 Å². The Hall–Kier alpha value is -0.320. The Kier molecular flexibility index (Phi) is 9.77. The molecule has 0 heterocycles. The number of methoxy groups -OCH3 is 1. The molecule has 0 aliphatic carbocycles. The summed E-state index contributed by atoms with van der Waals surface area (Å²) in [5.74, 6) is 0.0584. The lowest BCUT2D eigenvalue weighted by atomic mass is 9.89. The van der Waals surface area contributed by atoms with Crippen LogP contribution in [-0.2, 0) is 9.53 Å². The Labute approximate surface area is 111 Å². The fourth-order valence-corrected chi connectivity index (χ4v) is 1.51. The van der Waals surface area contributed by atoms with Gasteiger partial charge in [0, 0.05) is 26.1 Å². The van der Waals surface area contributed by atoms with Crippen LogP contribution in [0.1, 0.15) is 27.7 Å². The number of rotatable bonds is 6. The van der Waals surface area contributed by atoms with Gasteiger partial charge in [-0.25, -0.2) is 0 Å². The van der Waals surface area contributed by atoms with Crippen LogP contribution in [0.4, 0.5) is 0 Å². The largest absolute Gasteiger partial charge is 0.379 e. The van der Waals surface area contributed by atoms with E-state index >= 15 is 0 Å². The van der Waals surface area contributed by atoms with Crippen molar-refractivity contribution in [3.63, 3.8) is 0 Å².